The first-order chi connectivity index (χ1) is 12.0. The number of rotatable bonds is 2. The highest BCUT2D eigenvalue weighted by atomic mass is 35.5. The molecule has 0 spiro atoms. The zero-order chi connectivity index (χ0) is 19.3. The Hall–Kier alpha value is -2.04. The second-order valence-electron chi connectivity index (χ2n) is 5.89. The summed E-state index contributed by atoms with van der Waals surface area (Å²) in [5.74, 6) is -1.61. The van der Waals surface area contributed by atoms with Gasteiger partial charge in [-0.05, 0) is 12.5 Å². The van der Waals surface area contributed by atoms with Crippen LogP contribution in [0.1, 0.15) is 23.5 Å². The van der Waals surface area contributed by atoms with Crippen LogP contribution in [0.2, 0.25) is 5.02 Å². The van der Waals surface area contributed by atoms with Crippen molar-refractivity contribution in [2.45, 2.75) is 38.3 Å². The number of halogens is 7. The molecule has 1 aliphatic heterocycles. The maximum absolute atomic E-state index is 12.8. The van der Waals surface area contributed by atoms with Crippen LogP contribution in [0, 0.1) is 5.92 Å². The Kier molecular flexibility index (Phi) is 4.53. The molecule has 3 heterocycles. The fourth-order valence-corrected chi connectivity index (χ4v) is 2.96. The summed E-state index contributed by atoms with van der Waals surface area (Å²) in [6.45, 7) is -0.473. The van der Waals surface area contributed by atoms with Gasteiger partial charge in [-0.15, -0.1) is 0 Å². The molecule has 0 saturated heterocycles. The van der Waals surface area contributed by atoms with Gasteiger partial charge in [0.05, 0.1) is 28.7 Å². The standard InChI is InChI=1S/C14H11ClF6N4O/c15-9-3-8(14(19,20)21)5-22-10(9)6-25-12(26)24-2-1-7(13(16,17)18)4-11(24)23-25/h3,5,7H,1-2,4,6H2/t7-/m1/s1. The third kappa shape index (κ3) is 3.57. The first kappa shape index (κ1) is 18.7. The van der Waals surface area contributed by atoms with Crippen molar-refractivity contribution in [3.05, 3.63) is 44.9 Å². The molecule has 142 valence electrons. The highest BCUT2D eigenvalue weighted by Gasteiger charge is 2.42. The third-order valence-electron chi connectivity index (χ3n) is 4.14. The van der Waals surface area contributed by atoms with Gasteiger partial charge >= 0.3 is 18.0 Å². The average Bonchev–Trinajstić information content (AvgIpc) is 2.83. The van der Waals surface area contributed by atoms with Crippen LogP contribution in [0.3, 0.4) is 0 Å². The summed E-state index contributed by atoms with van der Waals surface area (Å²) < 4.78 is 78.3. The zero-order valence-electron chi connectivity index (χ0n) is 12.9. The predicted molar refractivity (Wildman–Crippen MR) is 77.7 cm³/mol. The lowest BCUT2D eigenvalue weighted by molar-refractivity contribution is -0.179. The Morgan fingerprint density at radius 1 is 1.23 bits per heavy atom. The maximum Gasteiger partial charge on any atom is 0.417 e. The van der Waals surface area contributed by atoms with Crippen molar-refractivity contribution in [2.75, 3.05) is 0 Å². The van der Waals surface area contributed by atoms with Crippen molar-refractivity contribution in [2.24, 2.45) is 5.92 Å². The minimum absolute atomic E-state index is 0.0217. The van der Waals surface area contributed by atoms with E-state index in [1.54, 1.807) is 0 Å². The second kappa shape index (κ2) is 6.29. The van der Waals surface area contributed by atoms with E-state index < -0.39 is 35.9 Å². The molecule has 12 heteroatoms. The molecule has 0 radical (unpaired) electrons. The number of hydrogen-bond acceptors (Lipinski definition) is 3. The number of hydrogen-bond donors (Lipinski definition) is 0. The number of fused-ring (bicyclic) bond motifs is 1. The van der Waals surface area contributed by atoms with Crippen molar-refractivity contribution < 1.29 is 26.3 Å². The fraction of sp³-hybridized carbons (Fsp3) is 0.500. The van der Waals surface area contributed by atoms with Crippen molar-refractivity contribution >= 4 is 11.6 Å². The van der Waals surface area contributed by atoms with E-state index in [9.17, 15) is 31.1 Å². The molecule has 1 atom stereocenters. The van der Waals surface area contributed by atoms with Gasteiger partial charge in [-0.25, -0.2) is 9.48 Å². The minimum Gasteiger partial charge on any atom is -0.279 e. The summed E-state index contributed by atoms with van der Waals surface area (Å²) >= 11 is 5.79. The molecule has 0 N–H and O–H groups in total. The fourth-order valence-electron chi connectivity index (χ4n) is 2.73. The van der Waals surface area contributed by atoms with E-state index >= 15 is 0 Å². The smallest absolute Gasteiger partial charge is 0.279 e. The van der Waals surface area contributed by atoms with E-state index in [0.29, 0.717) is 12.3 Å². The van der Waals surface area contributed by atoms with E-state index in [-0.39, 0.29) is 36.1 Å². The van der Waals surface area contributed by atoms with Crippen LogP contribution in [-0.4, -0.2) is 25.5 Å². The number of pyridine rings is 1. The summed E-state index contributed by atoms with van der Waals surface area (Å²) in [5.41, 5.74) is -1.74. The van der Waals surface area contributed by atoms with Crippen LogP contribution in [0.5, 0.6) is 0 Å². The Balaban J connectivity index is 1.87. The molecule has 0 bridgehead atoms. The number of nitrogens with zero attached hydrogens (tertiary/aromatic N) is 4. The van der Waals surface area contributed by atoms with Crippen molar-refractivity contribution in [1.29, 1.82) is 0 Å². The molecule has 2 aromatic rings. The number of alkyl halides is 6. The minimum atomic E-state index is -4.62. The Morgan fingerprint density at radius 3 is 2.50 bits per heavy atom. The molecule has 0 amide bonds. The van der Waals surface area contributed by atoms with Gasteiger partial charge in [0.2, 0.25) is 0 Å². The van der Waals surface area contributed by atoms with Crippen molar-refractivity contribution in [3.63, 3.8) is 0 Å². The quantitative estimate of drug-likeness (QED) is 0.727. The van der Waals surface area contributed by atoms with Crippen molar-refractivity contribution in [1.82, 2.24) is 19.3 Å². The van der Waals surface area contributed by atoms with Gasteiger partial charge in [0.1, 0.15) is 5.82 Å². The topological polar surface area (TPSA) is 52.7 Å². The molecular weight excluding hydrogens is 390 g/mol. The van der Waals surface area contributed by atoms with E-state index in [1.165, 1.54) is 0 Å². The molecule has 26 heavy (non-hydrogen) atoms. The van der Waals surface area contributed by atoms with Gasteiger partial charge < -0.3 is 0 Å². The van der Waals surface area contributed by atoms with Crippen LogP contribution in [-0.2, 0) is 25.7 Å². The van der Waals surface area contributed by atoms with Gasteiger partial charge in [0, 0.05) is 19.2 Å². The van der Waals surface area contributed by atoms with Gasteiger partial charge in [0.15, 0.2) is 0 Å². The van der Waals surface area contributed by atoms with E-state index in [1.807, 2.05) is 0 Å². The second-order valence-corrected chi connectivity index (χ2v) is 6.30. The van der Waals surface area contributed by atoms with Crippen LogP contribution < -0.4 is 5.69 Å². The molecule has 0 fully saturated rings. The van der Waals surface area contributed by atoms with Gasteiger partial charge in [0.25, 0.3) is 0 Å². The Labute approximate surface area is 147 Å². The first-order valence-electron chi connectivity index (χ1n) is 7.41. The Morgan fingerprint density at radius 2 is 1.92 bits per heavy atom. The third-order valence-corrected chi connectivity index (χ3v) is 4.46. The summed E-state index contributed by atoms with van der Waals surface area (Å²) in [7, 11) is 0. The van der Waals surface area contributed by atoms with Crippen LogP contribution in [0.4, 0.5) is 26.3 Å². The summed E-state index contributed by atoms with van der Waals surface area (Å²) in [5, 5.41) is 3.55. The average molecular weight is 401 g/mol. The molecule has 0 aromatic carbocycles. The zero-order valence-corrected chi connectivity index (χ0v) is 13.7. The number of aromatic nitrogens is 4. The lowest BCUT2D eigenvalue weighted by atomic mass is 9.97. The predicted octanol–water partition coefficient (Wildman–Crippen LogP) is 3.29. The lowest BCUT2D eigenvalue weighted by Crippen LogP contribution is -2.34. The van der Waals surface area contributed by atoms with E-state index in [2.05, 4.69) is 10.1 Å². The van der Waals surface area contributed by atoms with Crippen molar-refractivity contribution in [3.8, 4) is 0 Å². The maximum atomic E-state index is 12.8. The Bertz CT molecular complexity index is 885. The van der Waals surface area contributed by atoms with Crippen LogP contribution in [0.15, 0.2) is 17.1 Å². The SMILES string of the molecule is O=c1n(Cc2ncc(C(F)(F)F)cc2Cl)nc2n1CC[C@@H](C(F)(F)F)C2. The van der Waals surface area contributed by atoms with Crippen LogP contribution in [0.25, 0.3) is 0 Å². The summed E-state index contributed by atoms with van der Waals surface area (Å²) in [6.07, 6.45) is -9.10. The molecule has 5 nitrogen and oxygen atoms in total. The monoisotopic (exact) mass is 400 g/mol. The lowest BCUT2D eigenvalue weighted by Gasteiger charge is -2.23. The molecule has 0 unspecified atom stereocenters. The summed E-state index contributed by atoms with van der Waals surface area (Å²) in [6, 6.07) is 0.671. The van der Waals surface area contributed by atoms with Gasteiger partial charge in [-0.1, -0.05) is 11.6 Å². The molecular formula is C14H11ClF6N4O. The molecule has 0 aliphatic carbocycles. The first-order valence-corrected chi connectivity index (χ1v) is 7.79. The highest BCUT2D eigenvalue weighted by Crippen LogP contribution is 2.34. The molecule has 3 rings (SSSR count). The van der Waals surface area contributed by atoms with Gasteiger partial charge in [-0.3, -0.25) is 9.55 Å². The van der Waals surface area contributed by atoms with Gasteiger partial charge in [-0.2, -0.15) is 31.4 Å². The highest BCUT2D eigenvalue weighted by molar-refractivity contribution is 6.31. The molecule has 2 aromatic heterocycles. The molecule has 1 aliphatic rings. The largest absolute Gasteiger partial charge is 0.417 e. The van der Waals surface area contributed by atoms with E-state index in [0.717, 1.165) is 9.25 Å². The summed E-state index contributed by atoms with van der Waals surface area (Å²) in [4.78, 5) is 15.8. The molecule has 0 saturated carbocycles. The van der Waals surface area contributed by atoms with E-state index in [4.69, 9.17) is 11.6 Å². The normalized spacial score (nSPS) is 18.0. The van der Waals surface area contributed by atoms with Crippen LogP contribution >= 0.6 is 11.6 Å².